The minimum atomic E-state index is -0.354. The van der Waals surface area contributed by atoms with Crippen LogP contribution in [-0.4, -0.2) is 35.5 Å². The number of nitrogens with one attached hydrogen (secondary N) is 1. The van der Waals surface area contributed by atoms with Crippen LogP contribution in [0.2, 0.25) is 0 Å². The summed E-state index contributed by atoms with van der Waals surface area (Å²) >= 11 is 1.38. The van der Waals surface area contributed by atoms with E-state index in [1.54, 1.807) is 29.2 Å². The molecule has 2 heterocycles. The Hall–Kier alpha value is -3.39. The lowest BCUT2D eigenvalue weighted by Gasteiger charge is -2.24. The van der Waals surface area contributed by atoms with Gasteiger partial charge in [-0.3, -0.25) is 10.1 Å². The van der Waals surface area contributed by atoms with Crippen LogP contribution < -0.4 is 10.1 Å². The van der Waals surface area contributed by atoms with Crippen LogP contribution in [0.25, 0.3) is 0 Å². The van der Waals surface area contributed by atoms with Crippen LogP contribution >= 0.6 is 11.3 Å². The third-order valence-electron chi connectivity index (χ3n) is 4.48. The standard InChI is InChI=1S/C21H19N3O4S/c1-27-21(26)24-12-11-17-18(13-24)29-20(22-17)23-19(25)14-7-9-16(10-8-14)28-15-5-3-2-4-6-15/h2-10H,11-13H2,1H3,(H,22,23,25). The van der Waals surface area contributed by atoms with Gasteiger partial charge >= 0.3 is 6.09 Å². The molecule has 2 amide bonds. The SMILES string of the molecule is COC(=O)N1CCc2nc(NC(=O)c3ccc(Oc4ccccc4)cc3)sc2C1. The first-order chi connectivity index (χ1) is 14.1. The van der Waals surface area contributed by atoms with Crippen molar-refractivity contribution in [1.29, 1.82) is 0 Å². The number of anilines is 1. The Kier molecular flexibility index (Phi) is 5.44. The van der Waals surface area contributed by atoms with E-state index in [1.807, 2.05) is 30.3 Å². The van der Waals surface area contributed by atoms with Gasteiger partial charge < -0.3 is 14.4 Å². The van der Waals surface area contributed by atoms with Gasteiger partial charge in [-0.15, -0.1) is 0 Å². The highest BCUT2D eigenvalue weighted by molar-refractivity contribution is 7.15. The van der Waals surface area contributed by atoms with E-state index in [-0.39, 0.29) is 12.0 Å². The van der Waals surface area contributed by atoms with Gasteiger partial charge in [0.25, 0.3) is 5.91 Å². The third-order valence-corrected chi connectivity index (χ3v) is 5.48. The number of methoxy groups -OCH3 is 1. The normalized spacial score (nSPS) is 12.8. The van der Waals surface area contributed by atoms with E-state index in [2.05, 4.69) is 10.3 Å². The molecule has 1 N–H and O–H groups in total. The minimum absolute atomic E-state index is 0.243. The predicted octanol–water partition coefficient (Wildman–Crippen LogP) is 4.31. The van der Waals surface area contributed by atoms with Crippen LogP contribution in [0.5, 0.6) is 11.5 Å². The summed E-state index contributed by atoms with van der Waals surface area (Å²) in [4.78, 5) is 31.3. The number of rotatable bonds is 4. The van der Waals surface area contributed by atoms with Crippen molar-refractivity contribution < 1.29 is 19.1 Å². The van der Waals surface area contributed by atoms with Gasteiger partial charge in [0, 0.05) is 23.4 Å². The number of hydrogen-bond donors (Lipinski definition) is 1. The van der Waals surface area contributed by atoms with Crippen molar-refractivity contribution in [3.63, 3.8) is 0 Å². The van der Waals surface area contributed by atoms with Gasteiger partial charge in [0.05, 0.1) is 19.3 Å². The molecular weight excluding hydrogens is 390 g/mol. The zero-order valence-corrected chi connectivity index (χ0v) is 16.6. The van der Waals surface area contributed by atoms with Crippen LogP contribution in [0, 0.1) is 0 Å². The van der Waals surface area contributed by atoms with E-state index in [0.29, 0.717) is 36.0 Å². The number of carbonyl (C=O) groups excluding carboxylic acids is 2. The van der Waals surface area contributed by atoms with Crippen LogP contribution in [-0.2, 0) is 17.7 Å². The number of aromatic nitrogens is 1. The molecule has 29 heavy (non-hydrogen) atoms. The lowest BCUT2D eigenvalue weighted by atomic mass is 10.2. The first-order valence-electron chi connectivity index (χ1n) is 9.08. The topological polar surface area (TPSA) is 80.8 Å². The molecule has 0 fully saturated rings. The first kappa shape index (κ1) is 18.9. The molecule has 0 radical (unpaired) electrons. The van der Waals surface area contributed by atoms with Crippen molar-refractivity contribution in [3.05, 3.63) is 70.7 Å². The van der Waals surface area contributed by atoms with Gasteiger partial charge in [-0.25, -0.2) is 9.78 Å². The number of thiazole rings is 1. The Balaban J connectivity index is 1.40. The summed E-state index contributed by atoms with van der Waals surface area (Å²) in [5, 5.41) is 3.36. The van der Waals surface area contributed by atoms with E-state index in [4.69, 9.17) is 9.47 Å². The summed E-state index contributed by atoms with van der Waals surface area (Å²) in [6.07, 6.45) is 0.287. The minimum Gasteiger partial charge on any atom is -0.457 e. The molecular formula is C21H19N3O4S. The van der Waals surface area contributed by atoms with Crippen LogP contribution in [0.15, 0.2) is 54.6 Å². The summed E-state index contributed by atoms with van der Waals surface area (Å²) in [5.41, 5.74) is 1.42. The predicted molar refractivity (Wildman–Crippen MR) is 110 cm³/mol. The molecule has 0 spiro atoms. The number of ether oxygens (including phenoxy) is 2. The van der Waals surface area contributed by atoms with Crippen molar-refractivity contribution in [2.45, 2.75) is 13.0 Å². The molecule has 0 saturated heterocycles. The molecule has 0 unspecified atom stereocenters. The van der Waals surface area contributed by atoms with Crippen molar-refractivity contribution >= 4 is 28.5 Å². The monoisotopic (exact) mass is 409 g/mol. The molecule has 1 aromatic heterocycles. The molecule has 1 aliphatic rings. The largest absolute Gasteiger partial charge is 0.457 e. The number of nitrogens with zero attached hydrogens (tertiary/aromatic N) is 2. The van der Waals surface area contributed by atoms with Crippen LogP contribution in [0.1, 0.15) is 20.9 Å². The van der Waals surface area contributed by atoms with Crippen molar-refractivity contribution in [2.75, 3.05) is 19.0 Å². The third kappa shape index (κ3) is 4.38. The van der Waals surface area contributed by atoms with Gasteiger partial charge in [-0.05, 0) is 36.4 Å². The number of amides is 2. The molecule has 0 bridgehead atoms. The second-order valence-electron chi connectivity index (χ2n) is 6.42. The molecule has 0 saturated carbocycles. The molecule has 2 aromatic carbocycles. The molecule has 4 rings (SSSR count). The average molecular weight is 409 g/mol. The maximum absolute atomic E-state index is 12.5. The second-order valence-corrected chi connectivity index (χ2v) is 7.51. The molecule has 7 nitrogen and oxygen atoms in total. The molecule has 0 atom stereocenters. The summed E-state index contributed by atoms with van der Waals surface area (Å²) in [6, 6.07) is 16.4. The van der Waals surface area contributed by atoms with Crippen molar-refractivity contribution in [3.8, 4) is 11.5 Å². The van der Waals surface area contributed by atoms with Gasteiger partial charge in [-0.1, -0.05) is 29.5 Å². The first-order valence-corrected chi connectivity index (χ1v) is 9.90. The highest BCUT2D eigenvalue weighted by Gasteiger charge is 2.25. The molecule has 8 heteroatoms. The number of carbonyl (C=O) groups is 2. The highest BCUT2D eigenvalue weighted by atomic mass is 32.1. The zero-order valence-electron chi connectivity index (χ0n) is 15.8. The summed E-state index contributed by atoms with van der Waals surface area (Å²) < 4.78 is 10.5. The number of para-hydroxylation sites is 1. The van der Waals surface area contributed by atoms with Gasteiger partial charge in [0.1, 0.15) is 11.5 Å². The van der Waals surface area contributed by atoms with Crippen molar-refractivity contribution in [1.82, 2.24) is 9.88 Å². The van der Waals surface area contributed by atoms with E-state index in [0.717, 1.165) is 16.3 Å². The van der Waals surface area contributed by atoms with E-state index < -0.39 is 0 Å². The Labute approximate surface area is 171 Å². The maximum Gasteiger partial charge on any atom is 0.409 e. The van der Waals surface area contributed by atoms with Crippen LogP contribution in [0.3, 0.4) is 0 Å². The highest BCUT2D eigenvalue weighted by Crippen LogP contribution is 2.29. The van der Waals surface area contributed by atoms with Gasteiger partial charge in [-0.2, -0.15) is 0 Å². The van der Waals surface area contributed by atoms with E-state index >= 15 is 0 Å². The molecule has 148 valence electrons. The van der Waals surface area contributed by atoms with E-state index in [1.165, 1.54) is 18.4 Å². The molecule has 3 aromatic rings. The maximum atomic E-state index is 12.5. The Morgan fingerprint density at radius 3 is 2.52 bits per heavy atom. The second kappa shape index (κ2) is 8.32. The van der Waals surface area contributed by atoms with Gasteiger partial charge in [0.15, 0.2) is 5.13 Å². The number of fused-ring (bicyclic) bond motifs is 1. The lowest BCUT2D eigenvalue weighted by Crippen LogP contribution is -2.35. The Bertz CT molecular complexity index is 1020. The fourth-order valence-corrected chi connectivity index (χ4v) is 4.02. The van der Waals surface area contributed by atoms with Gasteiger partial charge in [0.2, 0.25) is 0 Å². The molecule has 1 aliphatic heterocycles. The lowest BCUT2D eigenvalue weighted by molar-refractivity contribution is 0.102. The molecule has 0 aliphatic carbocycles. The fraction of sp³-hybridized carbons (Fsp3) is 0.190. The summed E-state index contributed by atoms with van der Waals surface area (Å²) in [5.74, 6) is 1.15. The van der Waals surface area contributed by atoms with Crippen LogP contribution in [0.4, 0.5) is 9.93 Å². The van der Waals surface area contributed by atoms with Crippen molar-refractivity contribution in [2.24, 2.45) is 0 Å². The summed E-state index contributed by atoms with van der Waals surface area (Å²) in [6.45, 7) is 1.00. The Morgan fingerprint density at radius 1 is 1.07 bits per heavy atom. The average Bonchev–Trinajstić information content (AvgIpc) is 3.15. The van der Waals surface area contributed by atoms with E-state index in [9.17, 15) is 9.59 Å². The number of benzene rings is 2. The quantitative estimate of drug-likeness (QED) is 0.694. The number of hydrogen-bond acceptors (Lipinski definition) is 6. The zero-order chi connectivity index (χ0) is 20.2. The smallest absolute Gasteiger partial charge is 0.409 e. The Morgan fingerprint density at radius 2 is 1.79 bits per heavy atom. The fourth-order valence-electron chi connectivity index (χ4n) is 3.00. The summed E-state index contributed by atoms with van der Waals surface area (Å²) in [7, 11) is 1.37.